The summed E-state index contributed by atoms with van der Waals surface area (Å²) >= 11 is 0. The number of halogens is 2. The molecule has 0 atom stereocenters. The highest BCUT2D eigenvalue weighted by atomic mass is 19.3. The molecule has 1 fully saturated rings. The minimum atomic E-state index is -2.59. The molecule has 0 unspecified atom stereocenters. The first-order chi connectivity index (χ1) is 13.0. The van der Waals surface area contributed by atoms with E-state index in [9.17, 15) is 18.4 Å². The van der Waals surface area contributed by atoms with Crippen molar-refractivity contribution >= 4 is 23.3 Å². The van der Waals surface area contributed by atoms with Crippen LogP contribution in [0.2, 0.25) is 0 Å². The number of ether oxygens (including phenoxy) is 1. The molecule has 0 radical (unpaired) electrons. The van der Waals surface area contributed by atoms with Crippen molar-refractivity contribution in [2.75, 3.05) is 29.9 Å². The summed E-state index contributed by atoms with van der Waals surface area (Å²) in [6, 6.07) is 9.56. The van der Waals surface area contributed by atoms with Gasteiger partial charge in [0, 0.05) is 36.7 Å². The quantitative estimate of drug-likeness (QED) is 0.812. The molecule has 0 spiro atoms. The summed E-state index contributed by atoms with van der Waals surface area (Å²) in [7, 11) is 0. The molecule has 1 aliphatic heterocycles. The summed E-state index contributed by atoms with van der Waals surface area (Å²) in [5, 5.41) is 5.50. The second-order valence-electron chi connectivity index (χ2n) is 5.83. The fourth-order valence-corrected chi connectivity index (χ4v) is 2.58. The normalized spacial score (nSPS) is 14.0. The highest BCUT2D eigenvalue weighted by Crippen LogP contribution is 2.22. The van der Waals surface area contributed by atoms with Gasteiger partial charge in [0.2, 0.25) is 5.88 Å². The lowest BCUT2D eigenvalue weighted by Gasteiger charge is -2.27. The summed E-state index contributed by atoms with van der Waals surface area (Å²) in [5.74, 6) is -0.395. The molecule has 9 heteroatoms. The molecule has 142 valence electrons. The van der Waals surface area contributed by atoms with Crippen LogP contribution in [0.15, 0.2) is 42.6 Å². The van der Waals surface area contributed by atoms with Crippen molar-refractivity contribution in [3.63, 3.8) is 0 Å². The zero-order valence-electron chi connectivity index (χ0n) is 14.3. The molecule has 0 saturated carbocycles. The van der Waals surface area contributed by atoms with E-state index < -0.39 is 18.9 Å². The van der Waals surface area contributed by atoms with Gasteiger partial charge in [0.25, 0.3) is 12.3 Å². The smallest absolute Gasteiger partial charge is 0.321 e. The van der Waals surface area contributed by atoms with Gasteiger partial charge in [-0.25, -0.2) is 18.6 Å². The molecule has 27 heavy (non-hydrogen) atoms. The van der Waals surface area contributed by atoms with Crippen molar-refractivity contribution < 1.29 is 23.1 Å². The topological polar surface area (TPSA) is 83.6 Å². The van der Waals surface area contributed by atoms with E-state index in [0.29, 0.717) is 24.5 Å². The molecule has 1 aromatic carbocycles. The van der Waals surface area contributed by atoms with Gasteiger partial charge in [-0.2, -0.15) is 0 Å². The maximum Gasteiger partial charge on any atom is 0.321 e. The number of pyridine rings is 1. The van der Waals surface area contributed by atoms with E-state index in [4.69, 9.17) is 4.74 Å². The van der Waals surface area contributed by atoms with Crippen LogP contribution < -0.4 is 20.3 Å². The molecule has 7 nitrogen and oxygen atoms in total. The highest BCUT2D eigenvalue weighted by molar-refractivity contribution is 6.04. The summed E-state index contributed by atoms with van der Waals surface area (Å²) in [6.07, 6.45) is -0.504. The van der Waals surface area contributed by atoms with Crippen LogP contribution >= 0.6 is 0 Å². The maximum absolute atomic E-state index is 12.3. The largest absolute Gasteiger partial charge is 0.472 e. The Bertz CT molecular complexity index is 815. The van der Waals surface area contributed by atoms with Crippen molar-refractivity contribution in [3.8, 4) is 5.88 Å². The zero-order chi connectivity index (χ0) is 19.2. The fraction of sp³-hybridized carbons (Fsp3) is 0.278. The molecule has 3 rings (SSSR count). The van der Waals surface area contributed by atoms with Crippen molar-refractivity contribution in [2.45, 2.75) is 12.8 Å². The Labute approximate surface area is 154 Å². The number of hydrogen-bond acceptors (Lipinski definition) is 4. The first-order valence-corrected chi connectivity index (χ1v) is 8.37. The third kappa shape index (κ3) is 4.90. The Morgan fingerprint density at radius 1 is 1.33 bits per heavy atom. The fourth-order valence-electron chi connectivity index (χ4n) is 2.58. The van der Waals surface area contributed by atoms with Crippen LogP contribution in [-0.4, -0.2) is 43.0 Å². The lowest BCUT2D eigenvalue weighted by atomic mass is 10.2. The van der Waals surface area contributed by atoms with Crippen LogP contribution in [-0.2, 0) is 0 Å². The van der Waals surface area contributed by atoms with Gasteiger partial charge in [-0.05, 0) is 30.7 Å². The molecule has 3 amide bonds. The van der Waals surface area contributed by atoms with Crippen LogP contribution in [0.25, 0.3) is 0 Å². The predicted octanol–water partition coefficient (Wildman–Crippen LogP) is 2.90. The molecule has 1 aliphatic rings. The number of aromatic nitrogens is 1. The van der Waals surface area contributed by atoms with E-state index in [-0.39, 0.29) is 17.5 Å². The van der Waals surface area contributed by atoms with Gasteiger partial charge in [-0.15, -0.1) is 0 Å². The number of hydrogen-bond donors (Lipinski definition) is 2. The molecule has 0 bridgehead atoms. The van der Waals surface area contributed by atoms with Crippen LogP contribution in [0.4, 0.5) is 25.0 Å². The first kappa shape index (κ1) is 18.6. The second-order valence-corrected chi connectivity index (χ2v) is 5.83. The molecule has 2 heterocycles. The third-order valence-electron chi connectivity index (χ3n) is 3.85. The number of alkyl halides is 2. The van der Waals surface area contributed by atoms with E-state index >= 15 is 0 Å². The number of nitrogens with one attached hydrogen (secondary N) is 2. The van der Waals surface area contributed by atoms with E-state index in [1.165, 1.54) is 18.3 Å². The number of benzene rings is 1. The van der Waals surface area contributed by atoms with Gasteiger partial charge in [-0.1, -0.05) is 6.07 Å². The van der Waals surface area contributed by atoms with Crippen LogP contribution in [0, 0.1) is 0 Å². The van der Waals surface area contributed by atoms with Gasteiger partial charge in [0.05, 0.1) is 5.56 Å². The summed E-state index contributed by atoms with van der Waals surface area (Å²) in [5.41, 5.74) is 1.45. The SMILES string of the molecule is O=C(Nc1cccc(N2CCCNC2=O)c1)c1ccc(OCC(F)F)nc1. The molecule has 2 aromatic rings. The number of rotatable bonds is 6. The Morgan fingerprint density at radius 3 is 2.89 bits per heavy atom. The van der Waals surface area contributed by atoms with Gasteiger partial charge in [0.15, 0.2) is 6.61 Å². The summed E-state index contributed by atoms with van der Waals surface area (Å²) in [6.45, 7) is 0.498. The van der Waals surface area contributed by atoms with E-state index in [1.54, 1.807) is 29.2 Å². The number of anilines is 2. The van der Waals surface area contributed by atoms with E-state index in [0.717, 1.165) is 6.42 Å². The number of urea groups is 1. The minimum absolute atomic E-state index is 0.0185. The molecule has 0 aliphatic carbocycles. The average Bonchev–Trinajstić information content (AvgIpc) is 2.67. The number of nitrogens with zero attached hydrogens (tertiary/aromatic N) is 2. The van der Waals surface area contributed by atoms with E-state index in [1.807, 2.05) is 0 Å². The molecular formula is C18H18F2N4O3. The zero-order valence-corrected chi connectivity index (χ0v) is 14.3. The monoisotopic (exact) mass is 376 g/mol. The van der Waals surface area contributed by atoms with Crippen molar-refractivity contribution in [1.29, 1.82) is 0 Å². The van der Waals surface area contributed by atoms with Gasteiger partial charge < -0.3 is 15.4 Å². The minimum Gasteiger partial charge on any atom is -0.472 e. The number of amides is 3. The number of carbonyl (C=O) groups excluding carboxylic acids is 2. The highest BCUT2D eigenvalue weighted by Gasteiger charge is 2.19. The van der Waals surface area contributed by atoms with Gasteiger partial charge >= 0.3 is 6.03 Å². The van der Waals surface area contributed by atoms with Crippen molar-refractivity contribution in [2.24, 2.45) is 0 Å². The van der Waals surface area contributed by atoms with Crippen LogP contribution in [0.3, 0.4) is 0 Å². The van der Waals surface area contributed by atoms with Crippen molar-refractivity contribution in [1.82, 2.24) is 10.3 Å². The first-order valence-electron chi connectivity index (χ1n) is 8.37. The van der Waals surface area contributed by atoms with Crippen LogP contribution in [0.1, 0.15) is 16.8 Å². The summed E-state index contributed by atoms with van der Waals surface area (Å²) < 4.78 is 29.0. The Hall–Kier alpha value is -3.23. The van der Waals surface area contributed by atoms with Gasteiger partial charge in [-0.3, -0.25) is 9.69 Å². The Morgan fingerprint density at radius 2 is 2.19 bits per heavy atom. The van der Waals surface area contributed by atoms with E-state index in [2.05, 4.69) is 15.6 Å². The predicted molar refractivity (Wildman–Crippen MR) is 95.5 cm³/mol. The number of carbonyl (C=O) groups is 2. The van der Waals surface area contributed by atoms with Crippen LogP contribution in [0.5, 0.6) is 5.88 Å². The molecule has 1 aromatic heterocycles. The second kappa shape index (κ2) is 8.43. The maximum atomic E-state index is 12.3. The van der Waals surface area contributed by atoms with Gasteiger partial charge in [0.1, 0.15) is 0 Å². The standard InChI is InChI=1S/C18H18F2N4O3/c19-15(20)11-27-16-6-5-12(10-22-16)17(25)23-13-3-1-4-14(9-13)24-8-2-7-21-18(24)26/h1,3-6,9-10,15H,2,7-8,11H2,(H,21,26)(H,23,25). The third-order valence-corrected chi connectivity index (χ3v) is 3.85. The lowest BCUT2D eigenvalue weighted by molar-refractivity contribution is 0.0795. The molecule has 1 saturated heterocycles. The summed E-state index contributed by atoms with van der Waals surface area (Å²) in [4.78, 5) is 29.7. The lowest BCUT2D eigenvalue weighted by Crippen LogP contribution is -2.46. The Kier molecular flexibility index (Phi) is 5.80. The Balaban J connectivity index is 1.65. The average molecular weight is 376 g/mol. The molecular weight excluding hydrogens is 358 g/mol. The molecule has 2 N–H and O–H groups in total. The van der Waals surface area contributed by atoms with Crippen molar-refractivity contribution in [3.05, 3.63) is 48.2 Å².